The van der Waals surface area contributed by atoms with Crippen LogP contribution in [0, 0.1) is 6.58 Å². The summed E-state index contributed by atoms with van der Waals surface area (Å²) in [4.78, 5) is 0. The molecule has 1 radical (unpaired) electrons. The molecule has 1 saturated heterocycles. The molecule has 1 rings (SSSR count). The maximum Gasteiger partial charge on any atom is 0.0146 e. The molecule has 1 aliphatic heterocycles. The van der Waals surface area contributed by atoms with Crippen LogP contribution >= 0.6 is 11.8 Å². The van der Waals surface area contributed by atoms with Crippen LogP contribution < -0.4 is 0 Å². The fraction of sp³-hybridized carbons (Fsp3) is 0.667. The fourth-order valence-corrected chi connectivity index (χ4v) is 1.58. The predicted molar refractivity (Wildman–Crippen MR) is 34.4 cm³/mol. The van der Waals surface area contributed by atoms with Crippen LogP contribution in [0.1, 0.15) is 12.8 Å². The van der Waals surface area contributed by atoms with Crippen LogP contribution in [0.4, 0.5) is 0 Å². The van der Waals surface area contributed by atoms with Gasteiger partial charge in [-0.25, -0.2) is 0 Å². The molecular formula is C6H9S. The standard InChI is InChI=1S/C6H9S/c1-6-3-2-4-7-5-6/h1H,2-5H2. The fourth-order valence-electron chi connectivity index (χ4n) is 0.677. The molecule has 0 aromatic rings. The number of rotatable bonds is 0. The SMILES string of the molecule is [CH]=C1CCCSC1. The Hall–Kier alpha value is 0.0900. The lowest BCUT2D eigenvalue weighted by atomic mass is 10.2. The highest BCUT2D eigenvalue weighted by Crippen LogP contribution is 2.19. The van der Waals surface area contributed by atoms with Crippen molar-refractivity contribution in [2.75, 3.05) is 11.5 Å². The van der Waals surface area contributed by atoms with E-state index in [1.807, 2.05) is 11.8 Å². The van der Waals surface area contributed by atoms with Crippen molar-refractivity contribution in [3.8, 4) is 0 Å². The molecule has 39 valence electrons. The molecule has 1 heterocycles. The summed E-state index contributed by atoms with van der Waals surface area (Å²) in [7, 11) is 0. The minimum atomic E-state index is 1.10. The molecule has 0 atom stereocenters. The Balaban J connectivity index is 2.25. The van der Waals surface area contributed by atoms with Crippen LogP contribution in [0.15, 0.2) is 5.57 Å². The predicted octanol–water partition coefficient (Wildman–Crippen LogP) is 1.87. The Kier molecular flexibility index (Phi) is 1.80. The second kappa shape index (κ2) is 2.41. The van der Waals surface area contributed by atoms with Crippen LogP contribution in [0.5, 0.6) is 0 Å². The third-order valence-corrected chi connectivity index (χ3v) is 2.23. The second-order valence-electron chi connectivity index (χ2n) is 1.81. The van der Waals surface area contributed by atoms with Crippen molar-refractivity contribution in [3.05, 3.63) is 12.2 Å². The molecular weight excluding hydrogens is 104 g/mol. The minimum Gasteiger partial charge on any atom is -0.158 e. The van der Waals surface area contributed by atoms with Gasteiger partial charge in [0.05, 0.1) is 0 Å². The molecule has 0 aromatic carbocycles. The van der Waals surface area contributed by atoms with E-state index in [2.05, 4.69) is 0 Å². The molecule has 0 N–H and O–H groups in total. The molecule has 7 heavy (non-hydrogen) atoms. The molecule has 1 fully saturated rings. The van der Waals surface area contributed by atoms with E-state index in [-0.39, 0.29) is 0 Å². The van der Waals surface area contributed by atoms with Crippen molar-refractivity contribution in [2.24, 2.45) is 0 Å². The largest absolute Gasteiger partial charge is 0.158 e. The quantitative estimate of drug-likeness (QED) is 0.462. The summed E-state index contributed by atoms with van der Waals surface area (Å²) >= 11 is 1.94. The van der Waals surface area contributed by atoms with Gasteiger partial charge in [0, 0.05) is 5.75 Å². The zero-order valence-electron chi connectivity index (χ0n) is 4.31. The molecule has 0 aliphatic carbocycles. The van der Waals surface area contributed by atoms with Crippen molar-refractivity contribution in [3.63, 3.8) is 0 Å². The maximum atomic E-state index is 5.53. The van der Waals surface area contributed by atoms with Gasteiger partial charge >= 0.3 is 0 Å². The summed E-state index contributed by atoms with van der Waals surface area (Å²) in [6.45, 7) is 5.53. The van der Waals surface area contributed by atoms with Crippen molar-refractivity contribution in [1.29, 1.82) is 0 Å². The van der Waals surface area contributed by atoms with Crippen molar-refractivity contribution >= 4 is 11.8 Å². The molecule has 0 bridgehead atoms. The van der Waals surface area contributed by atoms with E-state index in [0.29, 0.717) is 0 Å². The first-order valence-corrected chi connectivity index (χ1v) is 3.73. The Morgan fingerprint density at radius 1 is 1.57 bits per heavy atom. The highest BCUT2D eigenvalue weighted by molar-refractivity contribution is 7.99. The summed E-state index contributed by atoms with van der Waals surface area (Å²) < 4.78 is 0. The van der Waals surface area contributed by atoms with E-state index in [0.717, 1.165) is 12.2 Å². The second-order valence-corrected chi connectivity index (χ2v) is 2.92. The average molecular weight is 113 g/mol. The van der Waals surface area contributed by atoms with Gasteiger partial charge in [-0.2, -0.15) is 11.8 Å². The van der Waals surface area contributed by atoms with E-state index in [9.17, 15) is 0 Å². The maximum absolute atomic E-state index is 5.53. The summed E-state index contributed by atoms with van der Waals surface area (Å²) in [5.74, 6) is 2.40. The van der Waals surface area contributed by atoms with Gasteiger partial charge in [0.1, 0.15) is 0 Å². The van der Waals surface area contributed by atoms with E-state index in [1.165, 1.54) is 17.7 Å². The molecule has 0 saturated carbocycles. The van der Waals surface area contributed by atoms with Crippen molar-refractivity contribution in [2.45, 2.75) is 12.8 Å². The molecule has 0 aromatic heterocycles. The van der Waals surface area contributed by atoms with E-state index >= 15 is 0 Å². The summed E-state index contributed by atoms with van der Waals surface area (Å²) in [5.41, 5.74) is 1.18. The van der Waals surface area contributed by atoms with Crippen LogP contribution in [0.25, 0.3) is 0 Å². The van der Waals surface area contributed by atoms with Crippen molar-refractivity contribution in [1.82, 2.24) is 0 Å². The number of thioether (sulfide) groups is 1. The Labute approximate surface area is 49.0 Å². The van der Waals surface area contributed by atoms with Gasteiger partial charge < -0.3 is 0 Å². The van der Waals surface area contributed by atoms with Crippen LogP contribution in [-0.4, -0.2) is 11.5 Å². The molecule has 0 spiro atoms. The molecule has 0 nitrogen and oxygen atoms in total. The summed E-state index contributed by atoms with van der Waals surface area (Å²) in [5, 5.41) is 0. The smallest absolute Gasteiger partial charge is 0.0146 e. The van der Waals surface area contributed by atoms with E-state index in [4.69, 9.17) is 6.58 Å². The van der Waals surface area contributed by atoms with E-state index < -0.39 is 0 Å². The average Bonchev–Trinajstić information content (AvgIpc) is 1.69. The zero-order valence-corrected chi connectivity index (χ0v) is 5.13. The van der Waals surface area contributed by atoms with Crippen LogP contribution in [0.2, 0.25) is 0 Å². The van der Waals surface area contributed by atoms with Crippen LogP contribution in [-0.2, 0) is 0 Å². The first-order valence-electron chi connectivity index (χ1n) is 2.57. The topological polar surface area (TPSA) is 0 Å². The third-order valence-electron chi connectivity index (χ3n) is 1.07. The lowest BCUT2D eigenvalue weighted by Crippen LogP contribution is -1.95. The Morgan fingerprint density at radius 3 is 2.71 bits per heavy atom. The summed E-state index contributed by atoms with van der Waals surface area (Å²) in [6.07, 6.45) is 2.45. The number of hydrogen-bond acceptors (Lipinski definition) is 1. The van der Waals surface area contributed by atoms with Gasteiger partial charge in [-0.3, -0.25) is 0 Å². The first kappa shape index (κ1) is 5.23. The van der Waals surface area contributed by atoms with Gasteiger partial charge in [0.15, 0.2) is 0 Å². The molecule has 0 amide bonds. The van der Waals surface area contributed by atoms with Gasteiger partial charge in [0.2, 0.25) is 0 Å². The molecule has 0 unspecified atom stereocenters. The van der Waals surface area contributed by atoms with E-state index in [1.54, 1.807) is 0 Å². The van der Waals surface area contributed by atoms with Gasteiger partial charge in [-0.05, 0) is 18.6 Å². The van der Waals surface area contributed by atoms with Gasteiger partial charge in [-0.15, -0.1) is 0 Å². The molecule has 1 heteroatoms. The van der Waals surface area contributed by atoms with Gasteiger partial charge in [0.25, 0.3) is 0 Å². The number of hydrogen-bond donors (Lipinski definition) is 0. The summed E-state index contributed by atoms with van der Waals surface area (Å²) in [6, 6.07) is 0. The van der Waals surface area contributed by atoms with Gasteiger partial charge in [-0.1, -0.05) is 12.2 Å². The normalized spacial score (nSPS) is 22.6. The highest BCUT2D eigenvalue weighted by Gasteiger charge is 2.00. The minimum absolute atomic E-state index is 1.10. The first-order chi connectivity index (χ1) is 3.39. The Bertz CT molecular complexity index is 68.2. The third kappa shape index (κ3) is 1.56. The van der Waals surface area contributed by atoms with Crippen molar-refractivity contribution < 1.29 is 0 Å². The molecule has 1 aliphatic rings. The van der Waals surface area contributed by atoms with Crippen LogP contribution in [0.3, 0.4) is 0 Å². The Morgan fingerprint density at radius 2 is 2.43 bits per heavy atom. The lowest BCUT2D eigenvalue weighted by molar-refractivity contribution is 0.902. The zero-order chi connectivity index (χ0) is 5.11. The monoisotopic (exact) mass is 113 g/mol. The highest BCUT2D eigenvalue weighted by atomic mass is 32.2. The lowest BCUT2D eigenvalue weighted by Gasteiger charge is -2.09.